The Kier molecular flexibility index (Phi) is 4.55. The summed E-state index contributed by atoms with van der Waals surface area (Å²) in [6, 6.07) is 3.68. The minimum atomic E-state index is -0.417. The van der Waals surface area contributed by atoms with Crippen LogP contribution in [0.2, 0.25) is 0 Å². The molecule has 0 fully saturated rings. The third kappa shape index (κ3) is 3.55. The second-order valence-electron chi connectivity index (χ2n) is 5.17. The van der Waals surface area contributed by atoms with Crippen molar-refractivity contribution in [2.75, 3.05) is 12.8 Å². The summed E-state index contributed by atoms with van der Waals surface area (Å²) in [7, 11) is 1.55. The fourth-order valence-electron chi connectivity index (χ4n) is 2.23. The zero-order valence-corrected chi connectivity index (χ0v) is 13.8. The van der Waals surface area contributed by atoms with Crippen molar-refractivity contribution in [3.05, 3.63) is 53.9 Å². The molecule has 0 spiro atoms. The summed E-state index contributed by atoms with van der Waals surface area (Å²) in [4.78, 5) is 29.9. The molecule has 9 heteroatoms. The second-order valence-corrected chi connectivity index (χ2v) is 5.17. The van der Waals surface area contributed by atoms with Crippen LogP contribution in [0.15, 0.2) is 41.4 Å². The van der Waals surface area contributed by atoms with Crippen LogP contribution in [0.3, 0.4) is 0 Å². The number of nitrogens with zero attached hydrogens (tertiary/aromatic N) is 4. The summed E-state index contributed by atoms with van der Waals surface area (Å²) in [6.07, 6.45) is 6.44. The summed E-state index contributed by atoms with van der Waals surface area (Å²) < 4.78 is 6.73. The van der Waals surface area contributed by atoms with Crippen LogP contribution in [0.4, 0.5) is 5.82 Å². The average Bonchev–Trinajstić information content (AvgIpc) is 3.16. The van der Waals surface area contributed by atoms with Gasteiger partial charge in [-0.15, -0.1) is 0 Å². The summed E-state index contributed by atoms with van der Waals surface area (Å²) in [6.45, 7) is 2.01. The maximum atomic E-state index is 12.4. The zero-order chi connectivity index (χ0) is 17.8. The number of carbonyl (C=O) groups is 1. The lowest BCUT2D eigenvalue weighted by atomic mass is 10.2. The summed E-state index contributed by atoms with van der Waals surface area (Å²) >= 11 is 0. The van der Waals surface area contributed by atoms with E-state index in [1.165, 1.54) is 17.2 Å². The summed E-state index contributed by atoms with van der Waals surface area (Å²) in [5, 5.41) is 2.76. The molecule has 0 saturated carbocycles. The number of hydrogen-bond acceptors (Lipinski definition) is 7. The Labute approximate surface area is 143 Å². The fraction of sp³-hybridized carbons (Fsp3) is 0.188. The number of aromatic nitrogens is 4. The van der Waals surface area contributed by atoms with E-state index >= 15 is 0 Å². The van der Waals surface area contributed by atoms with E-state index in [0.29, 0.717) is 23.8 Å². The normalized spacial score (nSPS) is 10.5. The molecule has 9 nitrogen and oxygen atoms in total. The minimum Gasteiger partial charge on any atom is -0.443 e. The van der Waals surface area contributed by atoms with Crippen molar-refractivity contribution in [3.8, 4) is 11.6 Å². The van der Waals surface area contributed by atoms with Crippen LogP contribution < -0.4 is 20.6 Å². The third-order valence-corrected chi connectivity index (χ3v) is 3.45. The van der Waals surface area contributed by atoms with E-state index in [4.69, 9.17) is 15.0 Å². The molecule has 3 heterocycles. The maximum absolute atomic E-state index is 12.4. The van der Waals surface area contributed by atoms with E-state index in [0.717, 1.165) is 5.56 Å². The first kappa shape index (κ1) is 16.4. The topological polar surface area (TPSA) is 120 Å². The van der Waals surface area contributed by atoms with Crippen LogP contribution in [0, 0.1) is 6.92 Å². The van der Waals surface area contributed by atoms with Crippen LogP contribution in [-0.2, 0) is 6.54 Å². The molecule has 3 aromatic heterocycles. The molecule has 3 rings (SSSR count). The molecule has 0 bridgehead atoms. The third-order valence-electron chi connectivity index (χ3n) is 3.45. The molecule has 3 aromatic rings. The molecule has 0 saturated heterocycles. The van der Waals surface area contributed by atoms with Gasteiger partial charge in [0.1, 0.15) is 19.1 Å². The predicted octanol–water partition coefficient (Wildman–Crippen LogP) is 0.298. The Bertz CT molecular complexity index is 895. The molecule has 25 heavy (non-hydrogen) atoms. The van der Waals surface area contributed by atoms with Crippen molar-refractivity contribution >= 4 is 11.7 Å². The maximum Gasteiger partial charge on any atom is 0.274 e. The van der Waals surface area contributed by atoms with Crippen molar-refractivity contribution in [2.24, 2.45) is 0 Å². The molecule has 1 amide bonds. The number of carbonyl (C=O) groups excluding carboxylic acids is 1. The molecule has 0 unspecified atom stereocenters. The molecular formula is C16H17N6O3+. The van der Waals surface area contributed by atoms with Crippen molar-refractivity contribution in [2.45, 2.75) is 13.5 Å². The Morgan fingerprint density at radius 3 is 3.00 bits per heavy atom. The first-order valence-corrected chi connectivity index (χ1v) is 7.45. The lowest BCUT2D eigenvalue weighted by molar-refractivity contribution is -0.885. The second kappa shape index (κ2) is 6.95. The lowest BCUT2D eigenvalue weighted by Gasteiger charge is -2.08. The summed E-state index contributed by atoms with van der Waals surface area (Å²) in [5.41, 5.74) is 7.71. The Morgan fingerprint density at radius 2 is 2.28 bits per heavy atom. The zero-order valence-electron chi connectivity index (χ0n) is 13.8. The quantitative estimate of drug-likeness (QED) is 0.640. The lowest BCUT2D eigenvalue weighted by Crippen LogP contribution is -2.40. The van der Waals surface area contributed by atoms with Crippen LogP contribution in [0.1, 0.15) is 21.7 Å². The van der Waals surface area contributed by atoms with Crippen LogP contribution >= 0.6 is 0 Å². The number of oxazole rings is 1. The Balaban J connectivity index is 1.77. The average molecular weight is 341 g/mol. The Hall–Kier alpha value is -3.49. The first-order valence-electron chi connectivity index (χ1n) is 7.45. The molecule has 128 valence electrons. The SMILES string of the molecule is CO[n+]1cccc(CNC(=O)c2nc(C)c(-c3ncco3)nc2N)c1. The van der Waals surface area contributed by atoms with Crippen LogP contribution in [-0.4, -0.2) is 28.0 Å². The number of aryl methyl sites for hydroxylation is 1. The van der Waals surface area contributed by atoms with Gasteiger partial charge in [0.25, 0.3) is 5.91 Å². The van der Waals surface area contributed by atoms with Gasteiger partial charge in [-0.05, 0) is 13.0 Å². The van der Waals surface area contributed by atoms with E-state index in [1.54, 1.807) is 26.4 Å². The number of nitrogens with one attached hydrogen (secondary N) is 1. The van der Waals surface area contributed by atoms with E-state index in [1.807, 2.05) is 12.1 Å². The standard InChI is InChI=1S/C16H16N6O3/c1-10-12(16-18-5-7-25-16)21-14(17)13(20-10)15(23)19-8-11-4-3-6-22(9-11)24-2/h3-7,9H,8H2,1-2H3,(H2-,17,19,21,23)/p+1. The van der Waals surface area contributed by atoms with E-state index in [-0.39, 0.29) is 11.5 Å². The molecule has 0 radical (unpaired) electrons. The highest BCUT2D eigenvalue weighted by Gasteiger charge is 2.18. The minimum absolute atomic E-state index is 0.0105. The van der Waals surface area contributed by atoms with Gasteiger partial charge in [-0.25, -0.2) is 15.0 Å². The highest BCUT2D eigenvalue weighted by Crippen LogP contribution is 2.20. The molecule has 0 aliphatic heterocycles. The van der Waals surface area contributed by atoms with Crippen molar-refractivity contribution in [3.63, 3.8) is 0 Å². The van der Waals surface area contributed by atoms with Gasteiger partial charge in [0, 0.05) is 22.9 Å². The van der Waals surface area contributed by atoms with Gasteiger partial charge in [0.15, 0.2) is 11.5 Å². The molecule has 0 atom stereocenters. The number of pyridine rings is 1. The highest BCUT2D eigenvalue weighted by atomic mass is 16.6. The molecule has 3 N–H and O–H groups in total. The number of nitrogen functional groups attached to an aromatic ring is 1. The monoisotopic (exact) mass is 341 g/mol. The highest BCUT2D eigenvalue weighted by molar-refractivity contribution is 5.96. The van der Waals surface area contributed by atoms with E-state index in [9.17, 15) is 4.79 Å². The summed E-state index contributed by atoms with van der Waals surface area (Å²) in [5.74, 6) is -0.103. The van der Waals surface area contributed by atoms with Crippen molar-refractivity contribution < 1.29 is 18.8 Å². The number of amides is 1. The molecule has 0 aliphatic rings. The van der Waals surface area contributed by atoms with Gasteiger partial charge in [-0.1, -0.05) is 0 Å². The molecular weight excluding hydrogens is 324 g/mol. The van der Waals surface area contributed by atoms with E-state index < -0.39 is 5.91 Å². The predicted molar refractivity (Wildman–Crippen MR) is 87.0 cm³/mol. The van der Waals surface area contributed by atoms with Crippen LogP contribution in [0.5, 0.6) is 0 Å². The Morgan fingerprint density at radius 1 is 1.44 bits per heavy atom. The molecule has 0 aliphatic carbocycles. The van der Waals surface area contributed by atoms with Crippen molar-refractivity contribution in [1.29, 1.82) is 0 Å². The number of rotatable bonds is 5. The van der Waals surface area contributed by atoms with Crippen LogP contribution in [0.25, 0.3) is 11.6 Å². The van der Waals surface area contributed by atoms with Gasteiger partial charge < -0.3 is 15.5 Å². The van der Waals surface area contributed by atoms with Gasteiger partial charge in [-0.2, -0.15) is 0 Å². The van der Waals surface area contributed by atoms with Crippen molar-refractivity contribution in [1.82, 2.24) is 20.3 Å². The number of hydrogen-bond donors (Lipinski definition) is 2. The van der Waals surface area contributed by atoms with Gasteiger partial charge >= 0.3 is 0 Å². The van der Waals surface area contributed by atoms with Gasteiger partial charge in [-0.3, -0.25) is 9.63 Å². The number of nitrogens with two attached hydrogens (primary N) is 1. The van der Waals surface area contributed by atoms with Gasteiger partial charge in [0.05, 0.1) is 11.9 Å². The first-order chi connectivity index (χ1) is 12.1. The smallest absolute Gasteiger partial charge is 0.274 e. The largest absolute Gasteiger partial charge is 0.443 e. The fourth-order valence-corrected chi connectivity index (χ4v) is 2.23. The van der Waals surface area contributed by atoms with E-state index in [2.05, 4.69) is 20.3 Å². The number of anilines is 1. The van der Waals surface area contributed by atoms with Gasteiger partial charge in [0.2, 0.25) is 18.3 Å². The molecule has 0 aromatic carbocycles.